The number of anilines is 1. The number of amides is 2. The number of hydrogen-bond donors (Lipinski definition) is 1. The van der Waals surface area contributed by atoms with Gasteiger partial charge in [0.15, 0.2) is 0 Å². The van der Waals surface area contributed by atoms with Gasteiger partial charge in [-0.1, -0.05) is 0 Å². The van der Waals surface area contributed by atoms with Crippen LogP contribution in [-0.4, -0.2) is 34.3 Å². The molecule has 0 aliphatic carbocycles. The number of rotatable bonds is 3. The van der Waals surface area contributed by atoms with Gasteiger partial charge in [0.2, 0.25) is 0 Å². The average Bonchev–Trinajstić information content (AvgIpc) is 2.35. The van der Waals surface area contributed by atoms with E-state index in [2.05, 4.69) is 5.32 Å². The van der Waals surface area contributed by atoms with E-state index in [0.29, 0.717) is 17.2 Å². The molecular weight excluding hydrogens is 208 g/mol. The Hall–Kier alpha value is -1.91. The van der Waals surface area contributed by atoms with Crippen LogP contribution in [0.5, 0.6) is 11.5 Å². The predicted octanol–water partition coefficient (Wildman–Crippen LogP) is 1.48. The third kappa shape index (κ3) is 2.36. The molecule has 1 aromatic carbocycles. The molecule has 0 heterocycles. The first-order chi connectivity index (χ1) is 7.63. The van der Waals surface area contributed by atoms with Crippen LogP contribution in [-0.2, 0) is 0 Å². The smallest absolute Gasteiger partial charge is 0.321 e. The number of benzene rings is 1. The summed E-state index contributed by atoms with van der Waals surface area (Å²) < 4.78 is 10.3. The van der Waals surface area contributed by atoms with E-state index in [0.717, 1.165) is 0 Å². The zero-order valence-electron chi connectivity index (χ0n) is 9.90. The third-order valence-electron chi connectivity index (χ3n) is 2.27. The molecule has 1 N–H and O–H groups in total. The SMILES string of the molecule is CNC(=O)N(C)c1cc(OC)ccc1OC. The molecule has 0 spiro atoms. The second-order valence-corrected chi connectivity index (χ2v) is 3.15. The van der Waals surface area contributed by atoms with Crippen LogP contribution in [0.25, 0.3) is 0 Å². The van der Waals surface area contributed by atoms with Gasteiger partial charge >= 0.3 is 6.03 Å². The number of hydrogen-bond acceptors (Lipinski definition) is 3. The summed E-state index contributed by atoms with van der Waals surface area (Å²) in [5.74, 6) is 1.29. The first-order valence-corrected chi connectivity index (χ1v) is 4.81. The Morgan fingerprint density at radius 2 is 2.00 bits per heavy atom. The van der Waals surface area contributed by atoms with Gasteiger partial charge in [0, 0.05) is 20.2 Å². The number of carbonyl (C=O) groups excluding carboxylic acids is 1. The first kappa shape index (κ1) is 12.2. The maximum absolute atomic E-state index is 11.5. The van der Waals surface area contributed by atoms with Crippen molar-refractivity contribution in [2.24, 2.45) is 0 Å². The molecule has 0 saturated heterocycles. The van der Waals surface area contributed by atoms with Crippen LogP contribution in [0.1, 0.15) is 0 Å². The predicted molar refractivity (Wildman–Crippen MR) is 62.4 cm³/mol. The summed E-state index contributed by atoms with van der Waals surface area (Å²) in [6.45, 7) is 0. The average molecular weight is 224 g/mol. The standard InChI is InChI=1S/C11H16N2O3/c1-12-11(14)13(2)9-7-8(15-3)5-6-10(9)16-4/h5-7H,1-4H3,(H,12,14). The molecule has 0 saturated carbocycles. The van der Waals surface area contributed by atoms with Crippen LogP contribution in [0.15, 0.2) is 18.2 Å². The normalized spacial score (nSPS) is 9.50. The Balaban J connectivity index is 3.12. The Labute approximate surface area is 95.0 Å². The van der Waals surface area contributed by atoms with Gasteiger partial charge in [-0.25, -0.2) is 4.79 Å². The van der Waals surface area contributed by atoms with E-state index in [1.165, 1.54) is 4.90 Å². The topological polar surface area (TPSA) is 50.8 Å². The lowest BCUT2D eigenvalue weighted by atomic mass is 10.2. The lowest BCUT2D eigenvalue weighted by molar-refractivity contribution is 0.249. The first-order valence-electron chi connectivity index (χ1n) is 4.81. The zero-order chi connectivity index (χ0) is 12.1. The number of carbonyl (C=O) groups is 1. The molecule has 0 bridgehead atoms. The van der Waals surface area contributed by atoms with Gasteiger partial charge in [-0.05, 0) is 12.1 Å². The van der Waals surface area contributed by atoms with Crippen molar-refractivity contribution in [3.8, 4) is 11.5 Å². The van der Waals surface area contributed by atoms with Crippen LogP contribution < -0.4 is 19.7 Å². The van der Waals surface area contributed by atoms with E-state index < -0.39 is 0 Å². The fourth-order valence-corrected chi connectivity index (χ4v) is 1.34. The van der Waals surface area contributed by atoms with E-state index in [1.54, 1.807) is 46.5 Å². The minimum Gasteiger partial charge on any atom is -0.497 e. The lowest BCUT2D eigenvalue weighted by Crippen LogP contribution is -2.35. The Morgan fingerprint density at radius 1 is 1.31 bits per heavy atom. The quantitative estimate of drug-likeness (QED) is 0.846. The highest BCUT2D eigenvalue weighted by Gasteiger charge is 2.14. The van der Waals surface area contributed by atoms with Gasteiger partial charge in [-0.3, -0.25) is 4.90 Å². The number of methoxy groups -OCH3 is 2. The summed E-state index contributed by atoms with van der Waals surface area (Å²) in [6, 6.07) is 5.06. The van der Waals surface area contributed by atoms with Crippen LogP contribution >= 0.6 is 0 Å². The largest absolute Gasteiger partial charge is 0.497 e. The summed E-state index contributed by atoms with van der Waals surface area (Å²) in [4.78, 5) is 13.0. The summed E-state index contributed by atoms with van der Waals surface area (Å²) in [6.07, 6.45) is 0. The molecule has 0 aromatic heterocycles. The van der Waals surface area contributed by atoms with E-state index in [-0.39, 0.29) is 6.03 Å². The van der Waals surface area contributed by atoms with Crippen LogP contribution in [0.2, 0.25) is 0 Å². The van der Waals surface area contributed by atoms with Crippen molar-refractivity contribution in [1.29, 1.82) is 0 Å². The summed E-state index contributed by atoms with van der Waals surface area (Å²) in [5.41, 5.74) is 0.654. The van der Waals surface area contributed by atoms with E-state index >= 15 is 0 Å². The van der Waals surface area contributed by atoms with E-state index in [9.17, 15) is 4.79 Å². The summed E-state index contributed by atoms with van der Waals surface area (Å²) in [5, 5.41) is 2.54. The molecule has 0 radical (unpaired) electrons. The van der Waals surface area contributed by atoms with Crippen molar-refractivity contribution in [3.63, 3.8) is 0 Å². The Kier molecular flexibility index (Phi) is 3.99. The van der Waals surface area contributed by atoms with E-state index in [4.69, 9.17) is 9.47 Å². The maximum atomic E-state index is 11.5. The molecule has 2 amide bonds. The van der Waals surface area contributed by atoms with Crippen LogP contribution in [0.3, 0.4) is 0 Å². The summed E-state index contributed by atoms with van der Waals surface area (Å²) >= 11 is 0. The molecule has 1 rings (SSSR count). The van der Waals surface area contributed by atoms with Crippen molar-refractivity contribution < 1.29 is 14.3 Å². The van der Waals surface area contributed by atoms with Gasteiger partial charge in [-0.2, -0.15) is 0 Å². The molecule has 0 aliphatic rings. The van der Waals surface area contributed by atoms with Crippen molar-refractivity contribution in [3.05, 3.63) is 18.2 Å². The molecule has 0 atom stereocenters. The fourth-order valence-electron chi connectivity index (χ4n) is 1.34. The van der Waals surface area contributed by atoms with Crippen molar-refractivity contribution in [2.75, 3.05) is 33.2 Å². The molecule has 88 valence electrons. The zero-order valence-corrected chi connectivity index (χ0v) is 9.90. The van der Waals surface area contributed by atoms with Crippen molar-refractivity contribution >= 4 is 11.7 Å². The highest BCUT2D eigenvalue weighted by molar-refractivity contribution is 5.93. The molecule has 5 heteroatoms. The molecule has 5 nitrogen and oxygen atoms in total. The number of nitrogens with one attached hydrogen (secondary N) is 1. The molecular formula is C11H16N2O3. The molecule has 1 aromatic rings. The monoisotopic (exact) mass is 224 g/mol. The Bertz CT molecular complexity index is 379. The van der Waals surface area contributed by atoms with Gasteiger partial charge in [-0.15, -0.1) is 0 Å². The van der Waals surface area contributed by atoms with Crippen molar-refractivity contribution in [2.45, 2.75) is 0 Å². The number of nitrogens with zero attached hydrogens (tertiary/aromatic N) is 1. The second-order valence-electron chi connectivity index (χ2n) is 3.15. The minimum atomic E-state index is -0.216. The number of ether oxygens (including phenoxy) is 2. The maximum Gasteiger partial charge on any atom is 0.321 e. The van der Waals surface area contributed by atoms with Crippen LogP contribution in [0, 0.1) is 0 Å². The lowest BCUT2D eigenvalue weighted by Gasteiger charge is -2.20. The number of urea groups is 1. The van der Waals surface area contributed by atoms with E-state index in [1.807, 2.05) is 0 Å². The molecule has 0 unspecified atom stereocenters. The highest BCUT2D eigenvalue weighted by atomic mass is 16.5. The molecule has 16 heavy (non-hydrogen) atoms. The third-order valence-corrected chi connectivity index (χ3v) is 2.27. The Morgan fingerprint density at radius 3 is 2.50 bits per heavy atom. The fraction of sp³-hybridized carbons (Fsp3) is 0.364. The second kappa shape index (κ2) is 5.25. The summed E-state index contributed by atoms with van der Waals surface area (Å²) in [7, 11) is 6.37. The highest BCUT2D eigenvalue weighted by Crippen LogP contribution is 2.31. The van der Waals surface area contributed by atoms with Crippen molar-refractivity contribution in [1.82, 2.24) is 5.32 Å². The van der Waals surface area contributed by atoms with Gasteiger partial charge in [0.25, 0.3) is 0 Å². The van der Waals surface area contributed by atoms with Crippen LogP contribution in [0.4, 0.5) is 10.5 Å². The van der Waals surface area contributed by atoms with Gasteiger partial charge in [0.05, 0.1) is 19.9 Å². The van der Waals surface area contributed by atoms with Gasteiger partial charge < -0.3 is 14.8 Å². The molecule has 0 aliphatic heterocycles. The molecule has 0 fully saturated rings. The minimum absolute atomic E-state index is 0.216. The van der Waals surface area contributed by atoms with Gasteiger partial charge in [0.1, 0.15) is 11.5 Å².